The summed E-state index contributed by atoms with van der Waals surface area (Å²) in [5, 5.41) is 2.78. The molecule has 1 atom stereocenters. The molecule has 0 radical (unpaired) electrons. The third-order valence-electron chi connectivity index (χ3n) is 4.28. The lowest BCUT2D eigenvalue weighted by Gasteiger charge is -2.23. The van der Waals surface area contributed by atoms with E-state index in [0.717, 1.165) is 17.0 Å². The molecule has 8 heteroatoms. The van der Waals surface area contributed by atoms with Gasteiger partial charge in [-0.2, -0.15) is 4.31 Å². The molecule has 2 aromatic carbocycles. The molecule has 0 bridgehead atoms. The van der Waals surface area contributed by atoms with Crippen molar-refractivity contribution in [3.8, 4) is 0 Å². The van der Waals surface area contributed by atoms with Crippen molar-refractivity contribution in [3.05, 3.63) is 54.3 Å². The lowest BCUT2D eigenvalue weighted by Crippen LogP contribution is -2.43. The summed E-state index contributed by atoms with van der Waals surface area (Å²) in [4.78, 5) is 13.7. The Balaban J connectivity index is 1.78. The number of sulfonamides is 1. The average Bonchev–Trinajstić information content (AvgIpc) is 3.13. The number of hydrogen-bond acceptors (Lipinski definition) is 4. The van der Waals surface area contributed by atoms with Crippen LogP contribution in [0, 0.1) is 5.82 Å². The standard InChI is InChI=1S/C18H19FN2O3S2/c1-25-15-8-6-14(7-9-15)20-18(22)17-3-2-12-21(17)26(23,24)16-10-4-13(19)5-11-16/h4-11,17H,2-3,12H2,1H3,(H,20,22). The summed E-state index contributed by atoms with van der Waals surface area (Å²) in [5.74, 6) is -0.863. The third kappa shape index (κ3) is 3.92. The summed E-state index contributed by atoms with van der Waals surface area (Å²) >= 11 is 1.60. The van der Waals surface area contributed by atoms with Crippen LogP contribution in [-0.2, 0) is 14.8 Å². The van der Waals surface area contributed by atoms with Crippen molar-refractivity contribution in [2.24, 2.45) is 0 Å². The Morgan fingerprint density at radius 2 is 1.81 bits per heavy atom. The van der Waals surface area contributed by atoms with Gasteiger partial charge in [-0.25, -0.2) is 12.8 Å². The molecule has 1 aliphatic rings. The highest BCUT2D eigenvalue weighted by atomic mass is 32.2. The van der Waals surface area contributed by atoms with E-state index < -0.39 is 21.9 Å². The number of anilines is 1. The first kappa shape index (κ1) is 18.9. The van der Waals surface area contributed by atoms with Gasteiger partial charge in [0.25, 0.3) is 0 Å². The SMILES string of the molecule is CSc1ccc(NC(=O)C2CCCN2S(=O)(=O)c2ccc(F)cc2)cc1. The first-order valence-corrected chi connectivity index (χ1v) is 10.8. The maximum atomic E-state index is 13.1. The van der Waals surface area contributed by atoms with Crippen LogP contribution in [0.15, 0.2) is 58.3 Å². The first-order valence-electron chi connectivity index (χ1n) is 8.14. The highest BCUT2D eigenvalue weighted by Gasteiger charge is 2.39. The van der Waals surface area contributed by atoms with Gasteiger partial charge in [-0.15, -0.1) is 11.8 Å². The molecule has 1 saturated heterocycles. The molecular weight excluding hydrogens is 375 g/mol. The maximum absolute atomic E-state index is 13.1. The van der Waals surface area contributed by atoms with E-state index in [9.17, 15) is 17.6 Å². The van der Waals surface area contributed by atoms with E-state index in [-0.39, 0.29) is 17.3 Å². The number of rotatable bonds is 5. The molecule has 1 fully saturated rings. The minimum Gasteiger partial charge on any atom is -0.325 e. The minimum absolute atomic E-state index is 0.0112. The van der Waals surface area contributed by atoms with Crippen LogP contribution in [-0.4, -0.2) is 37.5 Å². The van der Waals surface area contributed by atoms with E-state index in [1.54, 1.807) is 23.9 Å². The monoisotopic (exact) mass is 394 g/mol. The number of amides is 1. The van der Waals surface area contributed by atoms with Crippen LogP contribution in [0.25, 0.3) is 0 Å². The number of thioether (sulfide) groups is 1. The predicted molar refractivity (Wildman–Crippen MR) is 100 cm³/mol. The highest BCUT2D eigenvalue weighted by molar-refractivity contribution is 7.98. The normalized spacial score (nSPS) is 18.0. The number of nitrogens with one attached hydrogen (secondary N) is 1. The molecule has 2 aromatic rings. The summed E-state index contributed by atoms with van der Waals surface area (Å²) in [7, 11) is -3.85. The van der Waals surface area contributed by atoms with Crippen molar-refractivity contribution in [1.82, 2.24) is 4.31 Å². The van der Waals surface area contributed by atoms with Gasteiger partial charge in [-0.3, -0.25) is 4.79 Å². The van der Waals surface area contributed by atoms with E-state index in [0.29, 0.717) is 18.5 Å². The van der Waals surface area contributed by atoms with Crippen LogP contribution in [0.4, 0.5) is 10.1 Å². The summed E-state index contributed by atoms with van der Waals surface area (Å²) in [6.45, 7) is 0.267. The van der Waals surface area contributed by atoms with Gasteiger partial charge in [0.05, 0.1) is 4.90 Å². The Hall–Kier alpha value is -1.90. The van der Waals surface area contributed by atoms with Gasteiger partial charge in [0.2, 0.25) is 15.9 Å². The van der Waals surface area contributed by atoms with E-state index in [1.807, 2.05) is 18.4 Å². The Kier molecular flexibility index (Phi) is 5.64. The fourth-order valence-corrected chi connectivity index (χ4v) is 5.00. The van der Waals surface area contributed by atoms with Gasteiger partial charge in [-0.05, 0) is 67.6 Å². The fourth-order valence-electron chi connectivity index (χ4n) is 2.93. The van der Waals surface area contributed by atoms with Gasteiger partial charge in [-0.1, -0.05) is 0 Å². The van der Waals surface area contributed by atoms with Crippen LogP contribution in [0.3, 0.4) is 0 Å². The van der Waals surface area contributed by atoms with Crippen LogP contribution in [0.2, 0.25) is 0 Å². The minimum atomic E-state index is -3.85. The molecule has 1 amide bonds. The first-order chi connectivity index (χ1) is 12.4. The Bertz CT molecular complexity index is 884. The van der Waals surface area contributed by atoms with Crippen molar-refractivity contribution in [1.29, 1.82) is 0 Å². The van der Waals surface area contributed by atoms with E-state index in [4.69, 9.17) is 0 Å². The smallest absolute Gasteiger partial charge is 0.243 e. The molecule has 1 N–H and O–H groups in total. The molecule has 0 spiro atoms. The van der Waals surface area contributed by atoms with Crippen LogP contribution < -0.4 is 5.32 Å². The largest absolute Gasteiger partial charge is 0.325 e. The molecule has 5 nitrogen and oxygen atoms in total. The molecule has 1 heterocycles. The molecule has 0 aromatic heterocycles. The van der Waals surface area contributed by atoms with Crippen molar-refractivity contribution >= 4 is 33.4 Å². The number of benzene rings is 2. The lowest BCUT2D eigenvalue weighted by atomic mass is 10.2. The van der Waals surface area contributed by atoms with Gasteiger partial charge in [0.1, 0.15) is 11.9 Å². The number of carbonyl (C=O) groups excluding carboxylic acids is 1. The molecule has 3 rings (SSSR count). The van der Waals surface area contributed by atoms with Gasteiger partial charge >= 0.3 is 0 Å². The zero-order valence-electron chi connectivity index (χ0n) is 14.2. The van der Waals surface area contributed by atoms with Crippen LogP contribution in [0.1, 0.15) is 12.8 Å². The molecule has 1 unspecified atom stereocenters. The highest BCUT2D eigenvalue weighted by Crippen LogP contribution is 2.27. The Labute approximate surface area is 156 Å². The second-order valence-electron chi connectivity index (χ2n) is 5.95. The summed E-state index contributed by atoms with van der Waals surface area (Å²) < 4.78 is 39.9. The van der Waals surface area contributed by atoms with Crippen molar-refractivity contribution in [3.63, 3.8) is 0 Å². The molecule has 26 heavy (non-hydrogen) atoms. The fraction of sp³-hybridized carbons (Fsp3) is 0.278. The zero-order chi connectivity index (χ0) is 18.7. The molecular formula is C18H19FN2O3S2. The molecule has 1 aliphatic heterocycles. The average molecular weight is 394 g/mol. The number of carbonyl (C=O) groups is 1. The number of nitrogens with zero attached hydrogens (tertiary/aromatic N) is 1. The molecule has 0 aliphatic carbocycles. The Morgan fingerprint density at radius 3 is 2.42 bits per heavy atom. The summed E-state index contributed by atoms with van der Waals surface area (Å²) in [6.07, 6.45) is 3.02. The number of halogens is 1. The second kappa shape index (κ2) is 7.77. The molecule has 0 saturated carbocycles. The van der Waals surface area contributed by atoms with Gasteiger partial charge in [0.15, 0.2) is 0 Å². The van der Waals surface area contributed by atoms with Crippen molar-refractivity contribution in [2.75, 3.05) is 18.1 Å². The number of hydrogen-bond donors (Lipinski definition) is 1. The lowest BCUT2D eigenvalue weighted by molar-refractivity contribution is -0.119. The second-order valence-corrected chi connectivity index (χ2v) is 8.72. The van der Waals surface area contributed by atoms with Crippen molar-refractivity contribution < 1.29 is 17.6 Å². The topological polar surface area (TPSA) is 66.5 Å². The summed E-state index contributed by atoms with van der Waals surface area (Å²) in [5.41, 5.74) is 0.624. The van der Waals surface area contributed by atoms with E-state index in [2.05, 4.69) is 5.32 Å². The van der Waals surface area contributed by atoms with Gasteiger partial charge in [0, 0.05) is 17.1 Å². The maximum Gasteiger partial charge on any atom is 0.243 e. The van der Waals surface area contributed by atoms with Crippen LogP contribution >= 0.6 is 11.8 Å². The molecule has 138 valence electrons. The quantitative estimate of drug-likeness (QED) is 0.790. The van der Waals surface area contributed by atoms with E-state index in [1.165, 1.54) is 16.4 Å². The third-order valence-corrected chi connectivity index (χ3v) is 6.95. The van der Waals surface area contributed by atoms with Gasteiger partial charge < -0.3 is 5.32 Å². The Morgan fingerprint density at radius 1 is 1.15 bits per heavy atom. The zero-order valence-corrected chi connectivity index (χ0v) is 15.8. The summed E-state index contributed by atoms with van der Waals surface area (Å²) in [6, 6.07) is 11.2. The van der Waals surface area contributed by atoms with Crippen molar-refractivity contribution in [2.45, 2.75) is 28.7 Å². The van der Waals surface area contributed by atoms with Crippen LogP contribution in [0.5, 0.6) is 0 Å². The predicted octanol–water partition coefficient (Wildman–Crippen LogP) is 3.34. The van der Waals surface area contributed by atoms with E-state index >= 15 is 0 Å².